The van der Waals surface area contributed by atoms with Crippen LogP contribution in [0.1, 0.15) is 6.42 Å². The summed E-state index contributed by atoms with van der Waals surface area (Å²) in [5, 5.41) is 14.5. The molecular weight excluding hydrogens is 229 g/mol. The van der Waals surface area contributed by atoms with Gasteiger partial charge in [-0.2, -0.15) is 13.2 Å². The molecule has 1 aliphatic heterocycles. The molecule has 1 spiro atoms. The van der Waals surface area contributed by atoms with E-state index in [1.165, 1.54) is 0 Å². The van der Waals surface area contributed by atoms with E-state index in [1.54, 1.807) is 0 Å². The maximum atomic E-state index is 11.9. The minimum absolute atomic E-state index is 0.265. The van der Waals surface area contributed by atoms with E-state index in [-0.39, 0.29) is 6.42 Å². The second-order valence-electron chi connectivity index (χ2n) is 3.90. The van der Waals surface area contributed by atoms with E-state index >= 15 is 0 Å². The summed E-state index contributed by atoms with van der Waals surface area (Å²) in [5.74, 6) is -2.20. The number of ether oxygens (including phenoxy) is 1. The fourth-order valence-electron chi connectivity index (χ4n) is 1.93. The van der Waals surface area contributed by atoms with Gasteiger partial charge in [0.05, 0.1) is 11.1 Å². The van der Waals surface area contributed by atoms with E-state index in [0.29, 0.717) is 18.8 Å². The van der Waals surface area contributed by atoms with Crippen LogP contribution in [0.2, 0.25) is 0 Å². The zero-order valence-corrected chi connectivity index (χ0v) is 8.04. The summed E-state index contributed by atoms with van der Waals surface area (Å²) >= 11 is 0. The van der Waals surface area contributed by atoms with Crippen LogP contribution in [-0.4, -0.2) is 42.3 Å². The molecule has 0 aromatic rings. The van der Waals surface area contributed by atoms with Crippen LogP contribution < -0.4 is 5.32 Å². The second kappa shape index (κ2) is 3.34. The van der Waals surface area contributed by atoms with Gasteiger partial charge in [-0.25, -0.2) is 4.79 Å². The van der Waals surface area contributed by atoms with Crippen molar-refractivity contribution in [3.05, 3.63) is 0 Å². The minimum Gasteiger partial charge on any atom is -0.455 e. The maximum Gasteiger partial charge on any atom is 0.490 e. The zero-order valence-electron chi connectivity index (χ0n) is 8.04. The van der Waals surface area contributed by atoms with Crippen LogP contribution in [0, 0.1) is 5.41 Å². The summed E-state index contributed by atoms with van der Waals surface area (Å²) in [6.07, 6.45) is -5.56. The number of nitrogens with one attached hydrogen (secondary N) is 1. The van der Waals surface area contributed by atoms with E-state index in [2.05, 4.69) is 15.2 Å². The predicted octanol–water partition coefficient (Wildman–Crippen LogP) is 0.284. The summed E-state index contributed by atoms with van der Waals surface area (Å²) in [6.45, 7) is 0.665. The highest BCUT2D eigenvalue weighted by Gasteiger charge is 2.64. The lowest BCUT2D eigenvalue weighted by Gasteiger charge is -2.10. The van der Waals surface area contributed by atoms with Gasteiger partial charge in [0, 0.05) is 19.5 Å². The fourth-order valence-corrected chi connectivity index (χ4v) is 1.93. The third-order valence-corrected chi connectivity index (χ3v) is 2.91. The molecule has 0 radical (unpaired) electrons. The average molecular weight is 238 g/mol. The molecule has 2 aliphatic rings. The molecular formula is C8H9F3N2O3. The predicted molar refractivity (Wildman–Crippen MR) is 45.1 cm³/mol. The molecule has 5 nitrogen and oxygen atoms in total. The number of carbonyl (C=O) groups is 1. The molecule has 2 N–H and O–H groups in total. The van der Waals surface area contributed by atoms with Gasteiger partial charge in [0.15, 0.2) is 0 Å². The number of hydrogen-bond donors (Lipinski definition) is 2. The first-order chi connectivity index (χ1) is 7.40. The maximum absolute atomic E-state index is 11.9. The van der Waals surface area contributed by atoms with Crippen molar-refractivity contribution < 1.29 is 27.9 Å². The molecule has 2 fully saturated rings. The molecule has 8 heteroatoms. The lowest BCUT2D eigenvalue weighted by atomic mass is 10.0. The highest BCUT2D eigenvalue weighted by molar-refractivity contribution is 5.97. The van der Waals surface area contributed by atoms with Crippen LogP contribution >= 0.6 is 0 Å². The van der Waals surface area contributed by atoms with Gasteiger partial charge >= 0.3 is 12.1 Å². The molecule has 2 atom stereocenters. The highest BCUT2D eigenvalue weighted by atomic mass is 19.4. The molecule has 0 aromatic carbocycles. The summed E-state index contributed by atoms with van der Waals surface area (Å²) in [5.41, 5.74) is -0.386. The molecule has 0 bridgehead atoms. The average Bonchev–Trinajstić information content (AvgIpc) is 2.70. The van der Waals surface area contributed by atoms with Crippen LogP contribution in [0.25, 0.3) is 0 Å². The minimum atomic E-state index is -4.98. The first-order valence-electron chi connectivity index (χ1n) is 4.60. The summed E-state index contributed by atoms with van der Waals surface area (Å²) in [4.78, 5) is 10.6. The van der Waals surface area contributed by atoms with Crippen LogP contribution in [0.15, 0.2) is 5.16 Å². The van der Waals surface area contributed by atoms with Crippen molar-refractivity contribution in [2.24, 2.45) is 10.6 Å². The topological polar surface area (TPSA) is 70.9 Å². The van der Waals surface area contributed by atoms with Gasteiger partial charge in [-0.15, -0.1) is 0 Å². The largest absolute Gasteiger partial charge is 0.490 e. The highest BCUT2D eigenvalue weighted by Crippen LogP contribution is 2.51. The number of alkyl halides is 3. The van der Waals surface area contributed by atoms with E-state index in [4.69, 9.17) is 5.21 Å². The molecule has 1 saturated carbocycles. The van der Waals surface area contributed by atoms with E-state index in [1.807, 2.05) is 0 Å². The fraction of sp³-hybridized carbons (Fsp3) is 0.750. The van der Waals surface area contributed by atoms with Crippen molar-refractivity contribution in [2.45, 2.75) is 18.7 Å². The van der Waals surface area contributed by atoms with Crippen LogP contribution in [0.4, 0.5) is 13.2 Å². The smallest absolute Gasteiger partial charge is 0.455 e. The van der Waals surface area contributed by atoms with Gasteiger partial charge in [0.25, 0.3) is 0 Å². The van der Waals surface area contributed by atoms with Gasteiger partial charge in [-0.3, -0.25) is 0 Å². The normalized spacial score (nSPS) is 35.7. The molecule has 2 rings (SSSR count). The molecule has 1 heterocycles. The van der Waals surface area contributed by atoms with Gasteiger partial charge < -0.3 is 15.3 Å². The Morgan fingerprint density at radius 3 is 2.88 bits per heavy atom. The van der Waals surface area contributed by atoms with E-state index < -0.39 is 23.7 Å². The SMILES string of the molecule is O=C(OC1CC12CNC/C2=N\O)C(F)(F)F. The Morgan fingerprint density at radius 2 is 2.31 bits per heavy atom. The number of oxime groups is 1. The Morgan fingerprint density at radius 1 is 1.62 bits per heavy atom. The molecule has 0 aromatic heterocycles. The number of nitrogens with zero attached hydrogens (tertiary/aromatic N) is 1. The number of hydrogen-bond acceptors (Lipinski definition) is 5. The Kier molecular flexibility index (Phi) is 2.33. The van der Waals surface area contributed by atoms with Gasteiger partial charge in [0.1, 0.15) is 6.10 Å². The first-order valence-corrected chi connectivity index (χ1v) is 4.60. The second-order valence-corrected chi connectivity index (χ2v) is 3.90. The van der Waals surface area contributed by atoms with Gasteiger partial charge in [0.2, 0.25) is 0 Å². The Bertz CT molecular complexity index is 355. The third-order valence-electron chi connectivity index (χ3n) is 2.91. The van der Waals surface area contributed by atoms with Crippen molar-refractivity contribution in [1.82, 2.24) is 5.32 Å². The third kappa shape index (κ3) is 1.62. The Labute approximate surface area is 88.2 Å². The lowest BCUT2D eigenvalue weighted by Crippen LogP contribution is -2.29. The molecule has 1 aliphatic carbocycles. The standard InChI is InChI=1S/C8H9F3N2O3/c9-8(10,11)6(14)16-5-1-7(5)3-12-2-4(7)13-15/h5,12,15H,1-3H2/b13-4+. The molecule has 0 amide bonds. The Hall–Kier alpha value is -1.31. The molecule has 2 unspecified atom stereocenters. The monoisotopic (exact) mass is 238 g/mol. The quantitative estimate of drug-likeness (QED) is 0.391. The zero-order chi connectivity index (χ0) is 12.0. The number of rotatable bonds is 1. The summed E-state index contributed by atoms with van der Waals surface area (Å²) in [6, 6.07) is 0. The summed E-state index contributed by atoms with van der Waals surface area (Å²) < 4.78 is 40.1. The number of halogens is 3. The molecule has 90 valence electrons. The van der Waals surface area contributed by atoms with E-state index in [0.717, 1.165) is 0 Å². The van der Waals surface area contributed by atoms with Crippen LogP contribution in [0.5, 0.6) is 0 Å². The van der Waals surface area contributed by atoms with Crippen molar-refractivity contribution in [1.29, 1.82) is 0 Å². The van der Waals surface area contributed by atoms with Gasteiger partial charge in [-0.1, -0.05) is 5.16 Å². The number of esters is 1. The van der Waals surface area contributed by atoms with Crippen LogP contribution in [-0.2, 0) is 9.53 Å². The molecule has 1 saturated heterocycles. The van der Waals surface area contributed by atoms with Crippen molar-refractivity contribution in [2.75, 3.05) is 13.1 Å². The van der Waals surface area contributed by atoms with Crippen LogP contribution in [0.3, 0.4) is 0 Å². The van der Waals surface area contributed by atoms with Crippen molar-refractivity contribution >= 4 is 11.7 Å². The van der Waals surface area contributed by atoms with E-state index in [9.17, 15) is 18.0 Å². The van der Waals surface area contributed by atoms with Crippen molar-refractivity contribution in [3.8, 4) is 0 Å². The van der Waals surface area contributed by atoms with Crippen molar-refractivity contribution in [3.63, 3.8) is 0 Å². The first kappa shape index (κ1) is 11.2. The van der Waals surface area contributed by atoms with Gasteiger partial charge in [-0.05, 0) is 0 Å². The number of carbonyl (C=O) groups excluding carboxylic acids is 1. The summed E-state index contributed by atoms with van der Waals surface area (Å²) in [7, 11) is 0. The lowest BCUT2D eigenvalue weighted by molar-refractivity contribution is -0.201. The molecule has 16 heavy (non-hydrogen) atoms. The Balaban J connectivity index is 1.99.